The van der Waals surface area contributed by atoms with Gasteiger partial charge >= 0.3 is 0 Å². The Labute approximate surface area is 115 Å². The lowest BCUT2D eigenvalue weighted by atomic mass is 10.1. The predicted octanol–water partition coefficient (Wildman–Crippen LogP) is 1.20. The van der Waals surface area contributed by atoms with Crippen LogP contribution in [0.15, 0.2) is 17.0 Å². The highest BCUT2D eigenvalue weighted by atomic mass is 32.2. The summed E-state index contributed by atoms with van der Waals surface area (Å²) in [6, 6.07) is 3.57. The van der Waals surface area contributed by atoms with Crippen LogP contribution in [0, 0.1) is 13.8 Å². The zero-order chi connectivity index (χ0) is 14.5. The van der Waals surface area contributed by atoms with Gasteiger partial charge in [0.2, 0.25) is 10.0 Å². The van der Waals surface area contributed by atoms with Crippen LogP contribution in [0.4, 0.5) is 0 Å². The number of nitrogens with one attached hydrogen (secondary N) is 2. The summed E-state index contributed by atoms with van der Waals surface area (Å²) < 4.78 is 32.4. The number of hydrogen-bond donors (Lipinski definition) is 2. The van der Waals surface area contributed by atoms with E-state index in [0.717, 1.165) is 18.5 Å². The first-order valence-corrected chi connectivity index (χ1v) is 7.70. The van der Waals surface area contributed by atoms with Crippen molar-refractivity contribution in [2.45, 2.75) is 25.2 Å². The second-order valence-electron chi connectivity index (χ2n) is 4.47. The molecule has 0 atom stereocenters. The molecule has 0 heterocycles. The van der Waals surface area contributed by atoms with Gasteiger partial charge in [0.15, 0.2) is 0 Å². The van der Waals surface area contributed by atoms with E-state index in [-0.39, 0.29) is 4.90 Å². The molecule has 0 unspecified atom stereocenters. The van der Waals surface area contributed by atoms with Crippen molar-refractivity contribution in [3.8, 4) is 5.75 Å². The first-order chi connectivity index (χ1) is 8.92. The maximum atomic E-state index is 12.3. The largest absolute Gasteiger partial charge is 0.495 e. The molecular weight excluding hydrogens is 264 g/mol. The van der Waals surface area contributed by atoms with Gasteiger partial charge in [0.1, 0.15) is 10.6 Å². The molecule has 0 fully saturated rings. The number of aryl methyl sites for hydroxylation is 2. The van der Waals surface area contributed by atoms with Crippen molar-refractivity contribution in [1.82, 2.24) is 10.0 Å². The lowest BCUT2D eigenvalue weighted by Crippen LogP contribution is -2.27. The number of rotatable bonds is 7. The molecule has 0 aliphatic carbocycles. The van der Waals surface area contributed by atoms with E-state index in [4.69, 9.17) is 4.74 Å². The third kappa shape index (κ3) is 4.19. The highest BCUT2D eigenvalue weighted by Gasteiger charge is 2.21. The van der Waals surface area contributed by atoms with E-state index < -0.39 is 10.0 Å². The summed E-state index contributed by atoms with van der Waals surface area (Å²) in [5.74, 6) is 0.388. The topological polar surface area (TPSA) is 67.4 Å². The van der Waals surface area contributed by atoms with Gasteiger partial charge in [-0.25, -0.2) is 13.1 Å². The molecule has 1 aromatic rings. The highest BCUT2D eigenvalue weighted by Crippen LogP contribution is 2.28. The Morgan fingerprint density at radius 2 is 1.89 bits per heavy atom. The van der Waals surface area contributed by atoms with E-state index in [1.165, 1.54) is 7.11 Å². The van der Waals surface area contributed by atoms with Gasteiger partial charge in [0, 0.05) is 6.54 Å². The molecule has 1 rings (SSSR count). The minimum absolute atomic E-state index is 0.227. The molecule has 0 saturated heterocycles. The lowest BCUT2D eigenvalue weighted by molar-refractivity contribution is 0.401. The van der Waals surface area contributed by atoms with Gasteiger partial charge in [-0.15, -0.1) is 0 Å². The molecule has 19 heavy (non-hydrogen) atoms. The van der Waals surface area contributed by atoms with Crippen LogP contribution in [0.5, 0.6) is 5.75 Å². The molecule has 108 valence electrons. The van der Waals surface area contributed by atoms with E-state index in [1.54, 1.807) is 13.0 Å². The second-order valence-corrected chi connectivity index (χ2v) is 6.17. The number of hydrogen-bond acceptors (Lipinski definition) is 4. The van der Waals surface area contributed by atoms with Crippen molar-refractivity contribution in [3.63, 3.8) is 0 Å². The van der Waals surface area contributed by atoms with Crippen LogP contribution in [0.3, 0.4) is 0 Å². The highest BCUT2D eigenvalue weighted by molar-refractivity contribution is 7.89. The average molecular weight is 286 g/mol. The molecule has 0 saturated carbocycles. The van der Waals surface area contributed by atoms with Crippen LogP contribution >= 0.6 is 0 Å². The van der Waals surface area contributed by atoms with Gasteiger partial charge in [-0.05, 0) is 51.1 Å². The van der Waals surface area contributed by atoms with Gasteiger partial charge in [-0.1, -0.05) is 6.07 Å². The van der Waals surface area contributed by atoms with Crippen LogP contribution in [-0.4, -0.2) is 35.7 Å². The molecule has 0 amide bonds. The van der Waals surface area contributed by atoms with Gasteiger partial charge in [0.05, 0.1) is 7.11 Å². The van der Waals surface area contributed by atoms with Gasteiger partial charge < -0.3 is 10.1 Å². The molecule has 0 aromatic heterocycles. The average Bonchev–Trinajstić information content (AvgIpc) is 2.33. The molecule has 0 bridgehead atoms. The van der Waals surface area contributed by atoms with Crippen molar-refractivity contribution in [1.29, 1.82) is 0 Å². The van der Waals surface area contributed by atoms with Crippen molar-refractivity contribution < 1.29 is 13.2 Å². The first-order valence-electron chi connectivity index (χ1n) is 6.22. The van der Waals surface area contributed by atoms with Crippen LogP contribution in [0.1, 0.15) is 17.5 Å². The minimum Gasteiger partial charge on any atom is -0.495 e. The quantitative estimate of drug-likeness (QED) is 0.739. The van der Waals surface area contributed by atoms with Crippen molar-refractivity contribution in [2.24, 2.45) is 0 Å². The predicted molar refractivity (Wildman–Crippen MR) is 76.2 cm³/mol. The monoisotopic (exact) mass is 286 g/mol. The molecule has 0 aliphatic heterocycles. The number of ether oxygens (including phenoxy) is 1. The Bertz CT molecular complexity index is 527. The Morgan fingerprint density at radius 1 is 1.21 bits per heavy atom. The fourth-order valence-electron chi connectivity index (χ4n) is 1.96. The van der Waals surface area contributed by atoms with Crippen molar-refractivity contribution in [3.05, 3.63) is 23.3 Å². The summed E-state index contributed by atoms with van der Waals surface area (Å²) in [5.41, 5.74) is 1.67. The second kappa shape index (κ2) is 6.88. The zero-order valence-corrected chi connectivity index (χ0v) is 12.7. The molecular formula is C13H22N2O3S. The summed E-state index contributed by atoms with van der Waals surface area (Å²) in [6.07, 6.45) is 0.739. The van der Waals surface area contributed by atoms with Crippen LogP contribution in [-0.2, 0) is 10.0 Å². The summed E-state index contributed by atoms with van der Waals surface area (Å²) in [7, 11) is -0.218. The van der Waals surface area contributed by atoms with E-state index in [0.29, 0.717) is 17.9 Å². The number of benzene rings is 1. The van der Waals surface area contributed by atoms with E-state index in [1.807, 2.05) is 20.0 Å². The van der Waals surface area contributed by atoms with Crippen molar-refractivity contribution in [2.75, 3.05) is 27.2 Å². The van der Waals surface area contributed by atoms with Gasteiger partial charge in [-0.2, -0.15) is 0 Å². The fourth-order valence-corrected chi connectivity index (χ4v) is 3.40. The molecule has 6 heteroatoms. The molecule has 2 N–H and O–H groups in total. The summed E-state index contributed by atoms with van der Waals surface area (Å²) in [4.78, 5) is 0.227. The summed E-state index contributed by atoms with van der Waals surface area (Å²) in [5, 5.41) is 2.98. The maximum absolute atomic E-state index is 12.3. The molecule has 1 aromatic carbocycles. The smallest absolute Gasteiger partial charge is 0.244 e. The molecule has 0 radical (unpaired) electrons. The SMILES string of the molecule is CNCCCNS(=O)(=O)c1c(C)cc(C)cc1OC. The summed E-state index contributed by atoms with van der Waals surface area (Å²) >= 11 is 0. The Hall–Kier alpha value is -1.11. The maximum Gasteiger partial charge on any atom is 0.244 e. The Kier molecular flexibility index (Phi) is 5.78. The van der Waals surface area contributed by atoms with Crippen molar-refractivity contribution >= 4 is 10.0 Å². The van der Waals surface area contributed by atoms with Gasteiger partial charge in [0.25, 0.3) is 0 Å². The number of sulfonamides is 1. The fraction of sp³-hybridized carbons (Fsp3) is 0.538. The first kappa shape index (κ1) is 15.9. The number of methoxy groups -OCH3 is 1. The standard InChI is InChI=1S/C13H22N2O3S/c1-10-8-11(2)13(12(9-10)18-4)19(16,17)15-7-5-6-14-3/h8-9,14-15H,5-7H2,1-4H3. The molecule has 0 spiro atoms. The molecule has 0 aliphatic rings. The lowest BCUT2D eigenvalue weighted by Gasteiger charge is -2.14. The molecule has 5 nitrogen and oxygen atoms in total. The van der Waals surface area contributed by atoms with E-state index in [9.17, 15) is 8.42 Å². The Balaban J connectivity index is 3.00. The van der Waals surface area contributed by atoms with Gasteiger partial charge in [-0.3, -0.25) is 0 Å². The summed E-state index contributed by atoms with van der Waals surface area (Å²) in [6.45, 7) is 4.86. The minimum atomic E-state index is -3.53. The zero-order valence-electron chi connectivity index (χ0n) is 11.9. The van der Waals surface area contributed by atoms with Crippen LogP contribution in [0.25, 0.3) is 0 Å². The Morgan fingerprint density at radius 3 is 2.47 bits per heavy atom. The van der Waals surface area contributed by atoms with Crippen LogP contribution < -0.4 is 14.8 Å². The van der Waals surface area contributed by atoms with E-state index >= 15 is 0 Å². The normalized spacial score (nSPS) is 11.6. The third-order valence-electron chi connectivity index (χ3n) is 2.77. The third-order valence-corrected chi connectivity index (χ3v) is 4.41. The van der Waals surface area contributed by atoms with E-state index in [2.05, 4.69) is 10.0 Å². The van der Waals surface area contributed by atoms with Crippen LogP contribution in [0.2, 0.25) is 0 Å².